The molecular formula is C30H24N2O3S. The van der Waals surface area contributed by atoms with E-state index in [2.05, 4.69) is 22.9 Å². The molecule has 1 fully saturated rings. The van der Waals surface area contributed by atoms with Crippen molar-refractivity contribution in [2.75, 3.05) is 6.54 Å². The summed E-state index contributed by atoms with van der Waals surface area (Å²) in [7, 11) is 2.01. The van der Waals surface area contributed by atoms with Crippen molar-refractivity contribution in [3.05, 3.63) is 112 Å². The van der Waals surface area contributed by atoms with Gasteiger partial charge in [-0.15, -0.1) is 11.3 Å². The lowest BCUT2D eigenvalue weighted by atomic mass is 9.96. The molecule has 3 aromatic carbocycles. The number of aliphatic hydroxyl groups is 1. The number of likely N-dealkylation sites (tertiary alicyclic amines) is 1. The lowest BCUT2D eigenvalue weighted by Crippen LogP contribution is -2.31. The number of aromatic nitrogens is 1. The molecule has 1 atom stereocenters. The van der Waals surface area contributed by atoms with Gasteiger partial charge in [0, 0.05) is 41.1 Å². The zero-order valence-corrected chi connectivity index (χ0v) is 20.5. The number of thiophene rings is 1. The van der Waals surface area contributed by atoms with E-state index in [0.29, 0.717) is 18.5 Å². The SMILES string of the molecule is Cn1cc(CCN2C(=O)C(=O)/C(=C(\O)c3cccc4ccccc34)C2c2cccs2)c2ccccc21. The number of fused-ring (bicyclic) bond motifs is 2. The quantitative estimate of drug-likeness (QED) is 0.184. The highest BCUT2D eigenvalue weighted by molar-refractivity contribution is 7.10. The first-order valence-electron chi connectivity index (χ1n) is 11.9. The third kappa shape index (κ3) is 3.53. The van der Waals surface area contributed by atoms with Crippen molar-refractivity contribution in [1.82, 2.24) is 9.47 Å². The molecule has 1 saturated heterocycles. The second-order valence-corrected chi connectivity index (χ2v) is 10.0. The summed E-state index contributed by atoms with van der Waals surface area (Å²) < 4.78 is 2.08. The maximum absolute atomic E-state index is 13.4. The number of para-hydroxylation sites is 1. The molecule has 1 aliphatic heterocycles. The minimum atomic E-state index is -0.642. The smallest absolute Gasteiger partial charge is 0.295 e. The van der Waals surface area contributed by atoms with Crippen molar-refractivity contribution in [3.8, 4) is 0 Å². The second-order valence-electron chi connectivity index (χ2n) is 9.07. The summed E-state index contributed by atoms with van der Waals surface area (Å²) in [4.78, 5) is 29.2. The van der Waals surface area contributed by atoms with Gasteiger partial charge in [0.05, 0.1) is 11.6 Å². The van der Waals surface area contributed by atoms with Crippen LogP contribution in [-0.2, 0) is 23.1 Å². The highest BCUT2D eigenvalue weighted by Crippen LogP contribution is 2.42. The van der Waals surface area contributed by atoms with Gasteiger partial charge in [0.25, 0.3) is 11.7 Å². The number of hydrogen-bond acceptors (Lipinski definition) is 4. The molecule has 0 saturated carbocycles. The summed E-state index contributed by atoms with van der Waals surface area (Å²) in [6, 6.07) is 24.7. The zero-order chi connectivity index (χ0) is 24.8. The van der Waals surface area contributed by atoms with Crippen molar-refractivity contribution in [2.45, 2.75) is 12.5 Å². The van der Waals surface area contributed by atoms with Gasteiger partial charge in [-0.25, -0.2) is 0 Å². The molecule has 2 aromatic heterocycles. The van der Waals surface area contributed by atoms with E-state index in [-0.39, 0.29) is 11.3 Å². The normalized spacial score (nSPS) is 17.5. The standard InChI is InChI=1S/C30H24N2O3S/c1-31-18-20(22-11-4-5-13-24(22)31)15-16-32-27(25-14-7-17-36-25)26(29(34)30(32)35)28(33)23-12-6-9-19-8-2-3-10-21(19)23/h2-14,17-18,27,33H,15-16H2,1H3/b28-26-. The molecule has 0 bridgehead atoms. The Hall–Kier alpha value is -4.16. The van der Waals surface area contributed by atoms with Gasteiger partial charge >= 0.3 is 0 Å². The summed E-state index contributed by atoms with van der Waals surface area (Å²) >= 11 is 1.48. The van der Waals surface area contributed by atoms with Gasteiger partial charge < -0.3 is 14.6 Å². The van der Waals surface area contributed by atoms with E-state index < -0.39 is 17.7 Å². The molecule has 6 rings (SSSR count). The number of nitrogens with zero attached hydrogens (tertiary/aromatic N) is 2. The number of carbonyl (C=O) groups excluding carboxylic acids is 2. The number of benzene rings is 3. The van der Waals surface area contributed by atoms with Gasteiger partial charge in [-0.05, 0) is 40.3 Å². The molecule has 1 aliphatic rings. The number of rotatable bonds is 5. The molecule has 36 heavy (non-hydrogen) atoms. The van der Waals surface area contributed by atoms with Crippen molar-refractivity contribution in [2.24, 2.45) is 7.05 Å². The van der Waals surface area contributed by atoms with Crippen LogP contribution in [0, 0.1) is 0 Å². The van der Waals surface area contributed by atoms with Crippen LogP contribution in [0.3, 0.4) is 0 Å². The highest BCUT2D eigenvalue weighted by atomic mass is 32.1. The third-order valence-electron chi connectivity index (χ3n) is 7.00. The van der Waals surface area contributed by atoms with Crippen LogP contribution in [0.15, 0.2) is 96.0 Å². The highest BCUT2D eigenvalue weighted by Gasteiger charge is 2.46. The topological polar surface area (TPSA) is 62.5 Å². The maximum Gasteiger partial charge on any atom is 0.295 e. The number of aliphatic hydroxyl groups excluding tert-OH is 1. The molecule has 3 heterocycles. The molecule has 5 nitrogen and oxygen atoms in total. The molecule has 178 valence electrons. The molecule has 1 unspecified atom stereocenters. The zero-order valence-electron chi connectivity index (χ0n) is 19.7. The first kappa shape index (κ1) is 22.3. The summed E-state index contributed by atoms with van der Waals surface area (Å²) in [6.07, 6.45) is 2.68. The van der Waals surface area contributed by atoms with Crippen LogP contribution in [0.1, 0.15) is 22.0 Å². The van der Waals surface area contributed by atoms with Gasteiger partial charge in [0.1, 0.15) is 5.76 Å². The minimum absolute atomic E-state index is 0.129. The summed E-state index contributed by atoms with van der Waals surface area (Å²) in [5.41, 5.74) is 2.95. The number of aryl methyl sites for hydroxylation is 1. The van der Waals surface area contributed by atoms with Gasteiger partial charge in [-0.2, -0.15) is 0 Å². The molecule has 5 aromatic rings. The Balaban J connectivity index is 1.44. The Morgan fingerprint density at radius 2 is 1.67 bits per heavy atom. The van der Waals surface area contributed by atoms with Gasteiger partial charge in [0.2, 0.25) is 0 Å². The largest absolute Gasteiger partial charge is 0.507 e. The predicted octanol–water partition coefficient (Wildman–Crippen LogP) is 6.06. The van der Waals surface area contributed by atoms with Crippen LogP contribution in [0.25, 0.3) is 27.4 Å². The average molecular weight is 493 g/mol. The van der Waals surface area contributed by atoms with Crippen molar-refractivity contribution >= 4 is 50.5 Å². The van der Waals surface area contributed by atoms with Crippen LogP contribution in [0.2, 0.25) is 0 Å². The van der Waals surface area contributed by atoms with E-state index in [1.54, 1.807) is 11.0 Å². The maximum atomic E-state index is 13.4. The molecule has 0 spiro atoms. The molecular weight excluding hydrogens is 468 g/mol. The fraction of sp³-hybridized carbons (Fsp3) is 0.133. The number of Topliss-reactive ketones (excluding diaryl/α,β-unsaturated/α-hetero) is 1. The van der Waals surface area contributed by atoms with E-state index in [0.717, 1.165) is 32.1 Å². The van der Waals surface area contributed by atoms with Crippen LogP contribution in [0.5, 0.6) is 0 Å². The molecule has 1 N–H and O–H groups in total. The van der Waals surface area contributed by atoms with Crippen molar-refractivity contribution in [1.29, 1.82) is 0 Å². The van der Waals surface area contributed by atoms with Crippen molar-refractivity contribution < 1.29 is 14.7 Å². The monoisotopic (exact) mass is 492 g/mol. The van der Waals surface area contributed by atoms with Gasteiger partial charge in [0.15, 0.2) is 0 Å². The molecule has 0 aliphatic carbocycles. The molecule has 6 heteroatoms. The molecule has 0 radical (unpaired) electrons. The third-order valence-corrected chi connectivity index (χ3v) is 7.92. The van der Waals surface area contributed by atoms with Crippen molar-refractivity contribution in [3.63, 3.8) is 0 Å². The molecule has 1 amide bonds. The Morgan fingerprint density at radius 1 is 0.917 bits per heavy atom. The summed E-state index contributed by atoms with van der Waals surface area (Å²) in [6.45, 7) is 0.369. The number of hydrogen-bond donors (Lipinski definition) is 1. The van der Waals surface area contributed by atoms with Crippen LogP contribution >= 0.6 is 11.3 Å². The summed E-state index contributed by atoms with van der Waals surface area (Å²) in [5.74, 6) is -1.34. The fourth-order valence-corrected chi connectivity index (χ4v) is 6.14. The van der Waals surface area contributed by atoms with E-state index in [1.165, 1.54) is 11.3 Å². The van der Waals surface area contributed by atoms with Crippen LogP contribution in [0.4, 0.5) is 0 Å². The van der Waals surface area contributed by atoms with Gasteiger partial charge in [-0.3, -0.25) is 9.59 Å². The second kappa shape index (κ2) is 8.81. The van der Waals surface area contributed by atoms with Gasteiger partial charge in [-0.1, -0.05) is 66.7 Å². The summed E-state index contributed by atoms with van der Waals surface area (Å²) in [5, 5.41) is 16.4. The lowest BCUT2D eigenvalue weighted by molar-refractivity contribution is -0.139. The number of amides is 1. The number of ketones is 1. The Bertz CT molecular complexity index is 1660. The Labute approximate surface area is 212 Å². The number of carbonyl (C=O) groups is 2. The fourth-order valence-electron chi connectivity index (χ4n) is 5.30. The Kier molecular flexibility index (Phi) is 5.46. The van der Waals surface area contributed by atoms with E-state index >= 15 is 0 Å². The van der Waals surface area contributed by atoms with E-state index in [1.807, 2.05) is 73.1 Å². The van der Waals surface area contributed by atoms with E-state index in [4.69, 9.17) is 0 Å². The lowest BCUT2D eigenvalue weighted by Gasteiger charge is -2.24. The van der Waals surface area contributed by atoms with Crippen LogP contribution in [-0.4, -0.2) is 32.8 Å². The van der Waals surface area contributed by atoms with E-state index in [9.17, 15) is 14.7 Å². The first-order valence-corrected chi connectivity index (χ1v) is 12.8. The van der Waals surface area contributed by atoms with Crippen LogP contribution < -0.4 is 0 Å². The minimum Gasteiger partial charge on any atom is -0.507 e. The first-order chi connectivity index (χ1) is 17.5. The average Bonchev–Trinajstić information content (AvgIpc) is 3.61. The Morgan fingerprint density at radius 3 is 2.47 bits per heavy atom. The predicted molar refractivity (Wildman–Crippen MR) is 144 cm³/mol.